The summed E-state index contributed by atoms with van der Waals surface area (Å²) in [6.07, 6.45) is 1.04. The Labute approximate surface area is 202 Å². The van der Waals surface area contributed by atoms with Crippen molar-refractivity contribution in [3.63, 3.8) is 0 Å². The van der Waals surface area contributed by atoms with Gasteiger partial charge in [-0.05, 0) is 66.5 Å². The van der Waals surface area contributed by atoms with Crippen LogP contribution in [0.15, 0.2) is 53.0 Å². The Bertz CT molecular complexity index is 1060. The Balaban J connectivity index is 2.39. The molecule has 7 nitrogen and oxygen atoms in total. The fourth-order valence-electron chi connectivity index (χ4n) is 3.02. The minimum absolute atomic E-state index is 0.106. The van der Waals surface area contributed by atoms with E-state index in [-0.39, 0.29) is 18.5 Å². The van der Waals surface area contributed by atoms with Crippen LogP contribution in [0.3, 0.4) is 0 Å². The number of nitrogens with one attached hydrogen (secondary N) is 1. The van der Waals surface area contributed by atoms with E-state index in [1.807, 2.05) is 13.8 Å². The van der Waals surface area contributed by atoms with Crippen LogP contribution in [0.2, 0.25) is 5.02 Å². The molecule has 1 N–H and O–H groups in total. The number of amides is 2. The molecule has 0 aromatic heterocycles. The zero-order valence-electron chi connectivity index (χ0n) is 18.4. The summed E-state index contributed by atoms with van der Waals surface area (Å²) in [4.78, 5) is 27.4. The van der Waals surface area contributed by atoms with Crippen molar-refractivity contribution in [1.82, 2.24) is 10.2 Å². The van der Waals surface area contributed by atoms with Crippen molar-refractivity contribution in [3.8, 4) is 0 Å². The molecule has 0 fully saturated rings. The van der Waals surface area contributed by atoms with E-state index < -0.39 is 28.5 Å². The Morgan fingerprint density at radius 2 is 1.66 bits per heavy atom. The number of sulfonamides is 1. The first-order valence-electron chi connectivity index (χ1n) is 9.96. The molecule has 0 aliphatic carbocycles. The molecule has 2 aromatic carbocycles. The number of halogens is 2. The van der Waals surface area contributed by atoms with Crippen LogP contribution in [0.4, 0.5) is 5.69 Å². The minimum Gasteiger partial charge on any atom is -0.352 e. The van der Waals surface area contributed by atoms with Crippen molar-refractivity contribution >= 4 is 55.1 Å². The van der Waals surface area contributed by atoms with Crippen molar-refractivity contribution in [2.45, 2.75) is 39.4 Å². The SMILES string of the molecule is CC(C)NC(=O)[C@@H](C)N(Cc1ccc(Cl)cc1)C(=O)CN(c1ccccc1Br)S(C)(=O)=O. The zero-order valence-corrected chi connectivity index (χ0v) is 21.5. The van der Waals surface area contributed by atoms with Crippen molar-refractivity contribution in [2.24, 2.45) is 0 Å². The molecule has 1 atom stereocenters. The van der Waals surface area contributed by atoms with Gasteiger partial charge in [0.05, 0.1) is 11.9 Å². The number of rotatable bonds is 9. The van der Waals surface area contributed by atoms with Gasteiger partial charge in [-0.3, -0.25) is 13.9 Å². The summed E-state index contributed by atoms with van der Waals surface area (Å²) >= 11 is 9.31. The van der Waals surface area contributed by atoms with E-state index in [4.69, 9.17) is 11.6 Å². The lowest BCUT2D eigenvalue weighted by Gasteiger charge is -2.32. The average molecular weight is 545 g/mol. The molecule has 0 unspecified atom stereocenters. The van der Waals surface area contributed by atoms with Gasteiger partial charge in [-0.1, -0.05) is 35.9 Å². The molecular weight excluding hydrogens is 518 g/mol. The second-order valence-electron chi connectivity index (χ2n) is 7.71. The maximum Gasteiger partial charge on any atom is 0.244 e. The topological polar surface area (TPSA) is 86.8 Å². The van der Waals surface area contributed by atoms with Gasteiger partial charge in [0.1, 0.15) is 12.6 Å². The summed E-state index contributed by atoms with van der Waals surface area (Å²) in [5.74, 6) is -0.832. The van der Waals surface area contributed by atoms with E-state index in [1.165, 1.54) is 4.90 Å². The fraction of sp³-hybridized carbons (Fsp3) is 0.364. The first kappa shape index (κ1) is 26.2. The normalized spacial score (nSPS) is 12.3. The first-order chi connectivity index (χ1) is 14.9. The molecule has 10 heteroatoms. The van der Waals surface area contributed by atoms with Gasteiger partial charge in [0.25, 0.3) is 0 Å². The van der Waals surface area contributed by atoms with Crippen LogP contribution < -0.4 is 9.62 Å². The Kier molecular flexibility index (Phi) is 9.12. The Hall–Kier alpha value is -2.10. The highest BCUT2D eigenvalue weighted by Crippen LogP contribution is 2.28. The van der Waals surface area contributed by atoms with Crippen molar-refractivity contribution < 1.29 is 18.0 Å². The predicted octanol–water partition coefficient (Wildman–Crippen LogP) is 3.81. The summed E-state index contributed by atoms with van der Waals surface area (Å²) in [5.41, 5.74) is 1.10. The van der Waals surface area contributed by atoms with Gasteiger partial charge in [0.2, 0.25) is 21.8 Å². The van der Waals surface area contributed by atoms with Gasteiger partial charge in [-0.2, -0.15) is 0 Å². The smallest absolute Gasteiger partial charge is 0.244 e. The molecule has 0 saturated heterocycles. The minimum atomic E-state index is -3.77. The third-order valence-corrected chi connectivity index (χ3v) is 6.71. The van der Waals surface area contributed by atoms with Gasteiger partial charge >= 0.3 is 0 Å². The molecule has 0 spiro atoms. The maximum absolute atomic E-state index is 13.4. The van der Waals surface area contributed by atoms with Crippen LogP contribution in [0.25, 0.3) is 0 Å². The van der Waals surface area contributed by atoms with Crippen LogP contribution >= 0.6 is 27.5 Å². The number of carbonyl (C=O) groups excluding carboxylic acids is 2. The molecule has 0 bridgehead atoms. The number of para-hydroxylation sites is 1. The standard InChI is InChI=1S/C22H27BrClN3O4S/c1-15(2)25-22(29)16(3)26(13-17-9-11-18(24)12-10-17)21(28)14-27(32(4,30)31)20-8-6-5-7-19(20)23/h5-12,15-16H,13-14H2,1-4H3,(H,25,29)/t16-/m1/s1. The van der Waals surface area contributed by atoms with Crippen molar-refractivity contribution in [1.29, 1.82) is 0 Å². The second kappa shape index (κ2) is 11.2. The van der Waals surface area contributed by atoms with Crippen molar-refractivity contribution in [2.75, 3.05) is 17.1 Å². The van der Waals surface area contributed by atoms with E-state index in [0.717, 1.165) is 16.1 Å². The first-order valence-corrected chi connectivity index (χ1v) is 13.0. The van der Waals surface area contributed by atoms with Crippen LogP contribution in [-0.4, -0.2) is 50.0 Å². The van der Waals surface area contributed by atoms with Gasteiger partial charge in [0, 0.05) is 22.1 Å². The van der Waals surface area contributed by atoms with E-state index in [0.29, 0.717) is 15.2 Å². The number of benzene rings is 2. The molecule has 0 saturated carbocycles. The molecule has 2 aromatic rings. The molecule has 0 aliphatic heterocycles. The molecule has 0 radical (unpaired) electrons. The molecule has 0 heterocycles. The molecule has 2 amide bonds. The highest BCUT2D eigenvalue weighted by atomic mass is 79.9. The van der Waals surface area contributed by atoms with Gasteiger partial charge < -0.3 is 10.2 Å². The fourth-order valence-corrected chi connectivity index (χ4v) is 4.63. The Morgan fingerprint density at radius 3 is 2.19 bits per heavy atom. The summed E-state index contributed by atoms with van der Waals surface area (Å²) in [6.45, 7) is 4.95. The second-order valence-corrected chi connectivity index (χ2v) is 10.9. The molecule has 32 heavy (non-hydrogen) atoms. The number of nitrogens with zero attached hydrogens (tertiary/aromatic N) is 2. The highest BCUT2D eigenvalue weighted by Gasteiger charge is 2.30. The van der Waals surface area contributed by atoms with E-state index >= 15 is 0 Å². The largest absolute Gasteiger partial charge is 0.352 e. The number of anilines is 1. The lowest BCUT2D eigenvalue weighted by molar-refractivity contribution is -0.139. The summed E-state index contributed by atoms with van der Waals surface area (Å²) < 4.78 is 26.6. The van der Waals surface area contributed by atoms with E-state index in [1.54, 1.807) is 55.5 Å². The van der Waals surface area contributed by atoms with Crippen LogP contribution in [0.1, 0.15) is 26.3 Å². The van der Waals surface area contributed by atoms with Crippen LogP contribution in [-0.2, 0) is 26.2 Å². The van der Waals surface area contributed by atoms with E-state index in [9.17, 15) is 18.0 Å². The van der Waals surface area contributed by atoms with Gasteiger partial charge in [-0.15, -0.1) is 0 Å². The molecular formula is C22H27BrClN3O4S. The third kappa shape index (κ3) is 7.21. The zero-order chi connectivity index (χ0) is 24.1. The molecule has 2 rings (SSSR count). The molecule has 174 valence electrons. The van der Waals surface area contributed by atoms with Gasteiger partial charge in [0.15, 0.2) is 0 Å². The number of carbonyl (C=O) groups is 2. The predicted molar refractivity (Wildman–Crippen MR) is 131 cm³/mol. The quantitative estimate of drug-likeness (QED) is 0.520. The summed E-state index contributed by atoms with van der Waals surface area (Å²) in [6, 6.07) is 12.7. The lowest BCUT2D eigenvalue weighted by atomic mass is 10.1. The maximum atomic E-state index is 13.4. The van der Waals surface area contributed by atoms with Crippen LogP contribution in [0, 0.1) is 0 Å². The average Bonchev–Trinajstić information content (AvgIpc) is 2.70. The lowest BCUT2D eigenvalue weighted by Crippen LogP contribution is -2.52. The van der Waals surface area contributed by atoms with Crippen molar-refractivity contribution in [3.05, 3.63) is 63.6 Å². The number of hydrogen-bond acceptors (Lipinski definition) is 4. The number of hydrogen-bond donors (Lipinski definition) is 1. The monoisotopic (exact) mass is 543 g/mol. The van der Waals surface area contributed by atoms with Crippen LogP contribution in [0.5, 0.6) is 0 Å². The summed E-state index contributed by atoms with van der Waals surface area (Å²) in [7, 11) is -3.77. The highest BCUT2D eigenvalue weighted by molar-refractivity contribution is 9.10. The van der Waals surface area contributed by atoms with Gasteiger partial charge in [-0.25, -0.2) is 8.42 Å². The summed E-state index contributed by atoms with van der Waals surface area (Å²) in [5, 5.41) is 3.35. The third-order valence-electron chi connectivity index (χ3n) is 4.66. The van der Waals surface area contributed by atoms with E-state index in [2.05, 4.69) is 21.2 Å². The molecule has 0 aliphatic rings. The Morgan fingerprint density at radius 1 is 1.06 bits per heavy atom.